The van der Waals surface area contributed by atoms with Crippen molar-refractivity contribution >= 4 is 11.8 Å². The number of hydrogen-bond acceptors (Lipinski definition) is 2. The SMILES string of the molecule is CNC(C)C(C)Sc1ccccc1. The molecule has 2 unspecified atom stereocenters. The lowest BCUT2D eigenvalue weighted by Gasteiger charge is -2.18. The van der Waals surface area contributed by atoms with Gasteiger partial charge in [-0.3, -0.25) is 0 Å². The van der Waals surface area contributed by atoms with Crippen LogP contribution in [0.5, 0.6) is 0 Å². The van der Waals surface area contributed by atoms with Gasteiger partial charge in [0.05, 0.1) is 0 Å². The van der Waals surface area contributed by atoms with Gasteiger partial charge in [0.2, 0.25) is 0 Å². The zero-order valence-corrected chi connectivity index (χ0v) is 9.27. The number of rotatable bonds is 4. The molecule has 72 valence electrons. The first kappa shape index (κ1) is 10.6. The van der Waals surface area contributed by atoms with Gasteiger partial charge in [-0.15, -0.1) is 11.8 Å². The monoisotopic (exact) mass is 195 g/mol. The van der Waals surface area contributed by atoms with E-state index in [0.717, 1.165) is 0 Å². The summed E-state index contributed by atoms with van der Waals surface area (Å²) in [4.78, 5) is 1.34. The second kappa shape index (κ2) is 5.30. The summed E-state index contributed by atoms with van der Waals surface area (Å²) in [6, 6.07) is 11.1. The molecule has 0 bridgehead atoms. The zero-order valence-electron chi connectivity index (χ0n) is 8.45. The third-order valence-corrected chi connectivity index (χ3v) is 3.55. The molecule has 0 aliphatic carbocycles. The van der Waals surface area contributed by atoms with E-state index in [1.807, 2.05) is 18.8 Å². The van der Waals surface area contributed by atoms with E-state index in [4.69, 9.17) is 0 Å². The quantitative estimate of drug-likeness (QED) is 0.741. The van der Waals surface area contributed by atoms with Crippen molar-refractivity contribution in [2.75, 3.05) is 7.05 Å². The maximum Gasteiger partial charge on any atom is 0.0217 e. The van der Waals surface area contributed by atoms with Crippen LogP contribution in [0, 0.1) is 0 Å². The standard InChI is InChI=1S/C11H17NS/c1-9(12-3)10(2)13-11-7-5-4-6-8-11/h4-10,12H,1-3H3. The normalized spacial score (nSPS) is 15.3. The second-order valence-corrected chi connectivity index (χ2v) is 4.66. The molecule has 0 aromatic heterocycles. The van der Waals surface area contributed by atoms with Crippen molar-refractivity contribution in [1.82, 2.24) is 5.32 Å². The second-order valence-electron chi connectivity index (χ2n) is 3.21. The van der Waals surface area contributed by atoms with E-state index in [2.05, 4.69) is 49.5 Å². The minimum Gasteiger partial charge on any atom is -0.316 e. The Labute approximate surface area is 84.9 Å². The van der Waals surface area contributed by atoms with Crippen LogP contribution in [0.4, 0.5) is 0 Å². The molecule has 1 nitrogen and oxygen atoms in total. The topological polar surface area (TPSA) is 12.0 Å². The number of hydrogen-bond donors (Lipinski definition) is 1. The summed E-state index contributed by atoms with van der Waals surface area (Å²) in [6.45, 7) is 4.46. The fourth-order valence-electron chi connectivity index (χ4n) is 1.05. The molecule has 0 amide bonds. The van der Waals surface area contributed by atoms with Gasteiger partial charge in [-0.2, -0.15) is 0 Å². The van der Waals surface area contributed by atoms with Gasteiger partial charge in [0, 0.05) is 16.2 Å². The molecule has 0 aliphatic heterocycles. The summed E-state index contributed by atoms with van der Waals surface area (Å²) in [5, 5.41) is 3.87. The lowest BCUT2D eigenvalue weighted by Crippen LogP contribution is -2.30. The van der Waals surface area contributed by atoms with Gasteiger partial charge < -0.3 is 5.32 Å². The Morgan fingerprint density at radius 1 is 1.15 bits per heavy atom. The van der Waals surface area contributed by atoms with Crippen LogP contribution >= 0.6 is 11.8 Å². The van der Waals surface area contributed by atoms with Gasteiger partial charge in [0.1, 0.15) is 0 Å². The molecule has 0 spiro atoms. The molecule has 1 N–H and O–H groups in total. The molecule has 1 aromatic carbocycles. The third-order valence-electron chi connectivity index (χ3n) is 2.22. The average Bonchev–Trinajstić information content (AvgIpc) is 2.18. The first-order valence-corrected chi connectivity index (χ1v) is 5.51. The smallest absolute Gasteiger partial charge is 0.0217 e. The number of nitrogens with one attached hydrogen (secondary N) is 1. The fourth-order valence-corrected chi connectivity index (χ4v) is 2.13. The van der Waals surface area contributed by atoms with E-state index in [9.17, 15) is 0 Å². The Bertz CT molecular complexity index is 235. The molecule has 2 heteroatoms. The van der Waals surface area contributed by atoms with Crippen molar-refractivity contribution in [3.63, 3.8) is 0 Å². The van der Waals surface area contributed by atoms with Crippen molar-refractivity contribution < 1.29 is 0 Å². The maximum atomic E-state index is 3.26. The van der Waals surface area contributed by atoms with Gasteiger partial charge in [-0.05, 0) is 26.1 Å². The van der Waals surface area contributed by atoms with Crippen molar-refractivity contribution in [2.45, 2.75) is 30.0 Å². The minimum absolute atomic E-state index is 0.546. The van der Waals surface area contributed by atoms with E-state index >= 15 is 0 Å². The number of benzene rings is 1. The minimum atomic E-state index is 0.546. The van der Waals surface area contributed by atoms with E-state index < -0.39 is 0 Å². The number of thioether (sulfide) groups is 1. The van der Waals surface area contributed by atoms with E-state index in [-0.39, 0.29) is 0 Å². The summed E-state index contributed by atoms with van der Waals surface area (Å²) in [7, 11) is 2.01. The largest absolute Gasteiger partial charge is 0.316 e. The van der Waals surface area contributed by atoms with Crippen LogP contribution in [0.25, 0.3) is 0 Å². The highest BCUT2D eigenvalue weighted by molar-refractivity contribution is 8.00. The maximum absolute atomic E-state index is 3.26. The van der Waals surface area contributed by atoms with Crippen molar-refractivity contribution in [3.05, 3.63) is 30.3 Å². The van der Waals surface area contributed by atoms with E-state index in [0.29, 0.717) is 11.3 Å². The Balaban J connectivity index is 2.50. The lowest BCUT2D eigenvalue weighted by molar-refractivity contribution is 0.605. The predicted octanol–water partition coefficient (Wildman–Crippen LogP) is 2.78. The van der Waals surface area contributed by atoms with Crippen molar-refractivity contribution in [3.8, 4) is 0 Å². The molecule has 0 aliphatic rings. The molecule has 13 heavy (non-hydrogen) atoms. The molecule has 1 aromatic rings. The first-order chi connectivity index (χ1) is 6.24. The van der Waals surface area contributed by atoms with Crippen LogP contribution in [-0.2, 0) is 0 Å². The zero-order chi connectivity index (χ0) is 9.68. The van der Waals surface area contributed by atoms with E-state index in [1.54, 1.807) is 0 Å². The first-order valence-electron chi connectivity index (χ1n) is 4.63. The van der Waals surface area contributed by atoms with Gasteiger partial charge in [0.15, 0.2) is 0 Å². The van der Waals surface area contributed by atoms with Gasteiger partial charge in [-0.1, -0.05) is 25.1 Å². The summed E-state index contributed by atoms with van der Waals surface area (Å²) in [5.41, 5.74) is 0. The van der Waals surface area contributed by atoms with Crippen LogP contribution in [0.2, 0.25) is 0 Å². The summed E-state index contributed by atoms with van der Waals surface area (Å²) in [5.74, 6) is 0. The molecular formula is C11H17NS. The summed E-state index contributed by atoms with van der Waals surface area (Å²) >= 11 is 1.91. The lowest BCUT2D eigenvalue weighted by atomic mass is 10.3. The van der Waals surface area contributed by atoms with Crippen LogP contribution in [-0.4, -0.2) is 18.3 Å². The highest BCUT2D eigenvalue weighted by Crippen LogP contribution is 2.24. The third kappa shape index (κ3) is 3.41. The van der Waals surface area contributed by atoms with Gasteiger partial charge in [0.25, 0.3) is 0 Å². The van der Waals surface area contributed by atoms with Crippen molar-refractivity contribution in [1.29, 1.82) is 0 Å². The van der Waals surface area contributed by atoms with Crippen LogP contribution in [0.3, 0.4) is 0 Å². The molecule has 1 rings (SSSR count). The predicted molar refractivity (Wildman–Crippen MR) is 60.3 cm³/mol. The molecule has 0 heterocycles. The van der Waals surface area contributed by atoms with E-state index in [1.165, 1.54) is 4.90 Å². The molecular weight excluding hydrogens is 178 g/mol. The summed E-state index contributed by atoms with van der Waals surface area (Å²) in [6.07, 6.45) is 0. The molecule has 0 saturated carbocycles. The molecule has 2 atom stereocenters. The average molecular weight is 195 g/mol. The highest BCUT2D eigenvalue weighted by atomic mass is 32.2. The Kier molecular flexibility index (Phi) is 4.33. The molecule has 0 saturated heterocycles. The Morgan fingerprint density at radius 2 is 1.77 bits per heavy atom. The van der Waals surface area contributed by atoms with Gasteiger partial charge in [-0.25, -0.2) is 0 Å². The fraction of sp³-hybridized carbons (Fsp3) is 0.455. The highest BCUT2D eigenvalue weighted by Gasteiger charge is 2.10. The molecule has 0 radical (unpaired) electrons. The Morgan fingerprint density at radius 3 is 2.31 bits per heavy atom. The molecule has 0 fully saturated rings. The van der Waals surface area contributed by atoms with Gasteiger partial charge >= 0.3 is 0 Å². The Hall–Kier alpha value is -0.470. The van der Waals surface area contributed by atoms with Crippen LogP contribution < -0.4 is 5.32 Å². The van der Waals surface area contributed by atoms with Crippen LogP contribution in [0.1, 0.15) is 13.8 Å². The van der Waals surface area contributed by atoms with Crippen LogP contribution in [0.15, 0.2) is 35.2 Å². The summed E-state index contributed by atoms with van der Waals surface area (Å²) < 4.78 is 0. The van der Waals surface area contributed by atoms with Crippen molar-refractivity contribution in [2.24, 2.45) is 0 Å².